The molecule has 0 unspecified atom stereocenters. The average molecular weight is 575 g/mol. The van der Waals surface area contributed by atoms with Gasteiger partial charge in [0, 0.05) is 64.5 Å². The normalized spacial score (nSPS) is 17.7. The summed E-state index contributed by atoms with van der Waals surface area (Å²) in [5, 5.41) is 0. The lowest BCUT2D eigenvalue weighted by Gasteiger charge is -2.34. The molecule has 1 fully saturated rings. The standard InChI is InChI=1S/C31H50N4O6/c1-25(37)20-32-12-14-33(21-26-8-10-27(24-36)11-9-26)15-17-35(23-29(39)41-31(5,6)7)19-18-34(16-13-32)22-28(38)40-30(2,3)4/h8-11,24H,12-23H2,1-7H3. The number of ether oxygens (including phenoxy) is 2. The van der Waals surface area contributed by atoms with Gasteiger partial charge in [0.2, 0.25) is 0 Å². The Bertz CT molecular complexity index is 999. The molecule has 10 nitrogen and oxygen atoms in total. The molecule has 1 aliphatic heterocycles. The van der Waals surface area contributed by atoms with Crippen LogP contribution in [0.5, 0.6) is 0 Å². The van der Waals surface area contributed by atoms with Crippen molar-refractivity contribution < 1.29 is 28.7 Å². The molecule has 230 valence electrons. The zero-order valence-electron chi connectivity index (χ0n) is 26.1. The summed E-state index contributed by atoms with van der Waals surface area (Å²) < 4.78 is 11.2. The van der Waals surface area contributed by atoms with Crippen molar-refractivity contribution in [3.05, 3.63) is 35.4 Å². The van der Waals surface area contributed by atoms with Crippen LogP contribution in [0.3, 0.4) is 0 Å². The summed E-state index contributed by atoms with van der Waals surface area (Å²) in [6, 6.07) is 7.55. The molecule has 2 rings (SSSR count). The number of ketones is 1. The molecule has 1 saturated heterocycles. The minimum Gasteiger partial charge on any atom is -0.459 e. The highest BCUT2D eigenvalue weighted by atomic mass is 16.6. The molecule has 0 N–H and O–H groups in total. The van der Waals surface area contributed by atoms with E-state index in [9.17, 15) is 19.2 Å². The van der Waals surface area contributed by atoms with E-state index in [0.717, 1.165) is 18.4 Å². The first-order valence-electron chi connectivity index (χ1n) is 14.5. The van der Waals surface area contributed by atoms with Crippen LogP contribution < -0.4 is 0 Å². The smallest absolute Gasteiger partial charge is 0.320 e. The van der Waals surface area contributed by atoms with Gasteiger partial charge in [-0.1, -0.05) is 24.3 Å². The second kappa shape index (κ2) is 16.1. The molecule has 0 aromatic heterocycles. The fourth-order valence-electron chi connectivity index (χ4n) is 4.60. The number of hydrogen-bond acceptors (Lipinski definition) is 10. The molecule has 0 saturated carbocycles. The maximum atomic E-state index is 12.8. The second-order valence-corrected chi connectivity index (χ2v) is 12.8. The molecule has 0 amide bonds. The van der Waals surface area contributed by atoms with Crippen LogP contribution in [-0.2, 0) is 30.4 Å². The van der Waals surface area contributed by atoms with Crippen LogP contribution in [0.4, 0.5) is 0 Å². The first-order chi connectivity index (χ1) is 19.1. The van der Waals surface area contributed by atoms with Crippen molar-refractivity contribution in [2.75, 3.05) is 72.0 Å². The molecule has 1 aliphatic rings. The Kier molecular flexibility index (Phi) is 13.6. The number of aldehydes is 1. The summed E-state index contributed by atoms with van der Waals surface area (Å²) in [4.78, 5) is 57.2. The third-order valence-electron chi connectivity index (χ3n) is 6.44. The van der Waals surface area contributed by atoms with Crippen molar-refractivity contribution in [3.8, 4) is 0 Å². The number of carbonyl (C=O) groups is 4. The molecule has 0 bridgehead atoms. The fourth-order valence-corrected chi connectivity index (χ4v) is 4.60. The second-order valence-electron chi connectivity index (χ2n) is 12.8. The Balaban J connectivity index is 2.24. The number of Topliss-reactive ketones (excluding diaryl/α,β-unsaturated/α-hetero) is 1. The van der Waals surface area contributed by atoms with Gasteiger partial charge in [0.1, 0.15) is 23.3 Å². The minimum atomic E-state index is -0.579. The van der Waals surface area contributed by atoms with Gasteiger partial charge in [-0.05, 0) is 54.0 Å². The van der Waals surface area contributed by atoms with E-state index in [4.69, 9.17) is 9.47 Å². The SMILES string of the molecule is CC(=O)CN1CCN(CC(=O)OC(C)(C)C)CCN(CC(=O)OC(C)(C)C)CCN(Cc2ccc(C=O)cc2)CC1. The Labute approximate surface area is 245 Å². The van der Waals surface area contributed by atoms with Crippen LogP contribution in [0.25, 0.3) is 0 Å². The number of rotatable bonds is 9. The molecule has 10 heteroatoms. The third kappa shape index (κ3) is 15.2. The van der Waals surface area contributed by atoms with Gasteiger partial charge in [-0.15, -0.1) is 0 Å². The van der Waals surface area contributed by atoms with Crippen molar-refractivity contribution in [2.24, 2.45) is 0 Å². The maximum Gasteiger partial charge on any atom is 0.320 e. The highest BCUT2D eigenvalue weighted by Gasteiger charge is 2.24. The van der Waals surface area contributed by atoms with Crippen LogP contribution in [0.2, 0.25) is 0 Å². The summed E-state index contributed by atoms with van der Waals surface area (Å²) in [6.07, 6.45) is 0.834. The van der Waals surface area contributed by atoms with Crippen LogP contribution in [0.15, 0.2) is 24.3 Å². The number of carbonyl (C=O) groups excluding carboxylic acids is 4. The topological polar surface area (TPSA) is 99.7 Å². The molecular weight excluding hydrogens is 524 g/mol. The lowest BCUT2D eigenvalue weighted by Crippen LogP contribution is -2.49. The van der Waals surface area contributed by atoms with Crippen molar-refractivity contribution >= 4 is 24.0 Å². The van der Waals surface area contributed by atoms with Crippen LogP contribution >= 0.6 is 0 Å². The molecule has 41 heavy (non-hydrogen) atoms. The zero-order chi connectivity index (χ0) is 30.6. The van der Waals surface area contributed by atoms with E-state index < -0.39 is 11.2 Å². The van der Waals surface area contributed by atoms with Crippen LogP contribution in [-0.4, -0.2) is 127 Å². The number of esters is 2. The lowest BCUT2D eigenvalue weighted by molar-refractivity contribution is -0.158. The summed E-state index contributed by atoms with van der Waals surface area (Å²) in [6.45, 7) is 19.0. The summed E-state index contributed by atoms with van der Waals surface area (Å²) in [5.74, 6) is -0.490. The summed E-state index contributed by atoms with van der Waals surface area (Å²) >= 11 is 0. The molecular formula is C31H50N4O6. The van der Waals surface area contributed by atoms with Gasteiger partial charge >= 0.3 is 11.9 Å². The zero-order valence-corrected chi connectivity index (χ0v) is 26.1. The predicted molar refractivity (Wildman–Crippen MR) is 159 cm³/mol. The first kappa shape index (κ1) is 34.5. The predicted octanol–water partition coefficient (Wildman–Crippen LogP) is 2.49. The monoisotopic (exact) mass is 574 g/mol. The Morgan fingerprint density at radius 1 is 0.659 bits per heavy atom. The van der Waals surface area contributed by atoms with Gasteiger partial charge < -0.3 is 9.47 Å². The Hall–Kier alpha value is -2.66. The summed E-state index contributed by atoms with van der Waals surface area (Å²) in [5.41, 5.74) is 0.563. The van der Waals surface area contributed by atoms with E-state index >= 15 is 0 Å². The molecule has 1 heterocycles. The molecule has 1 aromatic rings. The highest BCUT2D eigenvalue weighted by Crippen LogP contribution is 2.11. The number of benzene rings is 1. The Morgan fingerprint density at radius 2 is 1.02 bits per heavy atom. The van der Waals surface area contributed by atoms with E-state index in [1.807, 2.05) is 70.7 Å². The van der Waals surface area contributed by atoms with Crippen LogP contribution in [0.1, 0.15) is 64.4 Å². The van der Waals surface area contributed by atoms with Gasteiger partial charge in [0.05, 0.1) is 19.6 Å². The van der Waals surface area contributed by atoms with E-state index in [2.05, 4.69) is 14.7 Å². The average Bonchev–Trinajstić information content (AvgIpc) is 2.83. The first-order valence-corrected chi connectivity index (χ1v) is 14.5. The Morgan fingerprint density at radius 3 is 1.37 bits per heavy atom. The summed E-state index contributed by atoms with van der Waals surface area (Å²) in [7, 11) is 0. The van der Waals surface area contributed by atoms with Gasteiger partial charge in [0.15, 0.2) is 0 Å². The highest BCUT2D eigenvalue weighted by molar-refractivity contribution is 5.77. The van der Waals surface area contributed by atoms with E-state index in [-0.39, 0.29) is 30.8 Å². The van der Waals surface area contributed by atoms with Gasteiger partial charge in [-0.25, -0.2) is 0 Å². The number of hydrogen-bond donors (Lipinski definition) is 0. The molecule has 0 atom stereocenters. The van der Waals surface area contributed by atoms with Crippen molar-refractivity contribution in [3.63, 3.8) is 0 Å². The molecule has 1 aromatic carbocycles. The fraction of sp³-hybridized carbons (Fsp3) is 0.677. The van der Waals surface area contributed by atoms with Crippen molar-refractivity contribution in [1.82, 2.24) is 19.6 Å². The minimum absolute atomic E-state index is 0.0929. The van der Waals surface area contributed by atoms with Gasteiger partial charge in [-0.2, -0.15) is 0 Å². The van der Waals surface area contributed by atoms with Crippen LogP contribution in [0, 0.1) is 0 Å². The van der Waals surface area contributed by atoms with Crippen molar-refractivity contribution in [2.45, 2.75) is 66.2 Å². The maximum absolute atomic E-state index is 12.8. The molecule has 0 spiro atoms. The van der Waals surface area contributed by atoms with Crippen molar-refractivity contribution in [1.29, 1.82) is 0 Å². The quantitative estimate of drug-likeness (QED) is 0.323. The van der Waals surface area contributed by atoms with E-state index in [0.29, 0.717) is 64.5 Å². The molecule has 0 aliphatic carbocycles. The van der Waals surface area contributed by atoms with Gasteiger partial charge in [-0.3, -0.25) is 38.8 Å². The third-order valence-corrected chi connectivity index (χ3v) is 6.44. The lowest BCUT2D eigenvalue weighted by atomic mass is 10.1. The van der Waals surface area contributed by atoms with E-state index in [1.54, 1.807) is 6.92 Å². The largest absolute Gasteiger partial charge is 0.459 e. The molecule has 0 radical (unpaired) electrons. The number of nitrogens with zero attached hydrogens (tertiary/aromatic N) is 4. The van der Waals surface area contributed by atoms with Gasteiger partial charge in [0.25, 0.3) is 0 Å². The van der Waals surface area contributed by atoms with E-state index in [1.165, 1.54) is 0 Å².